The molecule has 0 unspecified atom stereocenters. The van der Waals surface area contributed by atoms with Gasteiger partial charge in [-0.1, -0.05) is 11.6 Å². The number of carbonyl (C=O) groups excluding carboxylic acids is 1. The van der Waals surface area contributed by atoms with Gasteiger partial charge in [0, 0.05) is 16.3 Å². The Morgan fingerprint density at radius 1 is 1.44 bits per heavy atom. The van der Waals surface area contributed by atoms with Crippen molar-refractivity contribution in [2.45, 2.75) is 12.8 Å². The molecular formula is C12H12ClNO2. The summed E-state index contributed by atoms with van der Waals surface area (Å²) in [6.07, 6.45) is 3.63. The standard InChI is InChI=1S/C12H12ClNO2/c13-8-4-5-9(10(14)7-8)12(15)11-3-1-2-6-16-11/h3-5,7H,1-2,6,14H2. The lowest BCUT2D eigenvalue weighted by atomic mass is 10.1. The van der Waals surface area contributed by atoms with E-state index in [0.717, 1.165) is 12.8 Å². The van der Waals surface area contributed by atoms with Gasteiger partial charge in [0.25, 0.3) is 0 Å². The number of nitrogen functional groups attached to an aromatic ring is 1. The number of rotatable bonds is 2. The van der Waals surface area contributed by atoms with Gasteiger partial charge in [-0.15, -0.1) is 0 Å². The van der Waals surface area contributed by atoms with E-state index in [2.05, 4.69) is 0 Å². The lowest BCUT2D eigenvalue weighted by molar-refractivity contribution is 0.0900. The summed E-state index contributed by atoms with van der Waals surface area (Å²) in [5.41, 5.74) is 6.57. The number of ether oxygens (including phenoxy) is 1. The zero-order chi connectivity index (χ0) is 11.5. The molecule has 0 saturated carbocycles. The summed E-state index contributed by atoms with van der Waals surface area (Å²) in [6.45, 7) is 0.588. The molecule has 16 heavy (non-hydrogen) atoms. The molecule has 2 N–H and O–H groups in total. The normalized spacial score (nSPS) is 15.2. The fraction of sp³-hybridized carbons (Fsp3) is 0.250. The third-order valence-corrected chi connectivity index (χ3v) is 2.65. The molecule has 1 aliphatic heterocycles. The predicted molar refractivity (Wildman–Crippen MR) is 63.5 cm³/mol. The van der Waals surface area contributed by atoms with Crippen molar-refractivity contribution >= 4 is 23.1 Å². The van der Waals surface area contributed by atoms with Gasteiger partial charge in [0.15, 0.2) is 5.76 Å². The number of anilines is 1. The average Bonchev–Trinajstić information content (AvgIpc) is 2.29. The van der Waals surface area contributed by atoms with Crippen LogP contribution in [0, 0.1) is 0 Å². The predicted octanol–water partition coefficient (Wildman–Crippen LogP) is 2.80. The number of Topliss-reactive ketones (excluding diaryl/α,β-unsaturated/α-hetero) is 1. The minimum absolute atomic E-state index is 0.172. The van der Waals surface area contributed by atoms with E-state index in [1.165, 1.54) is 0 Å². The van der Waals surface area contributed by atoms with E-state index in [9.17, 15) is 4.79 Å². The first-order valence-corrected chi connectivity index (χ1v) is 5.49. The summed E-state index contributed by atoms with van der Waals surface area (Å²) in [5.74, 6) is 0.217. The SMILES string of the molecule is Nc1cc(Cl)ccc1C(=O)C1=CCCCO1. The highest BCUT2D eigenvalue weighted by molar-refractivity contribution is 6.31. The second kappa shape index (κ2) is 4.58. The van der Waals surface area contributed by atoms with E-state index in [1.54, 1.807) is 24.3 Å². The molecule has 84 valence electrons. The fourth-order valence-corrected chi connectivity index (χ4v) is 1.77. The van der Waals surface area contributed by atoms with E-state index in [4.69, 9.17) is 22.1 Å². The quantitative estimate of drug-likeness (QED) is 0.636. The maximum absolute atomic E-state index is 12.0. The third kappa shape index (κ3) is 2.19. The summed E-state index contributed by atoms with van der Waals surface area (Å²) in [4.78, 5) is 12.0. The molecule has 0 saturated heterocycles. The monoisotopic (exact) mass is 237 g/mol. The van der Waals surface area contributed by atoms with Crippen molar-refractivity contribution < 1.29 is 9.53 Å². The number of allylic oxidation sites excluding steroid dienone is 2. The summed E-state index contributed by atoms with van der Waals surface area (Å²) < 4.78 is 5.30. The Balaban J connectivity index is 2.30. The van der Waals surface area contributed by atoms with Crippen molar-refractivity contribution in [2.75, 3.05) is 12.3 Å². The molecule has 0 radical (unpaired) electrons. The highest BCUT2D eigenvalue weighted by Crippen LogP contribution is 2.22. The Kier molecular flexibility index (Phi) is 3.15. The molecule has 0 amide bonds. The van der Waals surface area contributed by atoms with Gasteiger partial charge in [0.1, 0.15) is 0 Å². The Hall–Kier alpha value is -1.48. The van der Waals surface area contributed by atoms with Crippen LogP contribution in [0.3, 0.4) is 0 Å². The van der Waals surface area contributed by atoms with Crippen LogP contribution in [0.1, 0.15) is 23.2 Å². The van der Waals surface area contributed by atoms with Gasteiger partial charge in [0.05, 0.1) is 6.61 Å². The maximum atomic E-state index is 12.0. The van der Waals surface area contributed by atoms with Crippen molar-refractivity contribution in [1.82, 2.24) is 0 Å². The van der Waals surface area contributed by atoms with Crippen LogP contribution in [0.4, 0.5) is 5.69 Å². The number of hydrogen-bond acceptors (Lipinski definition) is 3. The summed E-state index contributed by atoms with van der Waals surface area (Å²) in [7, 11) is 0. The molecule has 1 heterocycles. The molecule has 1 aliphatic rings. The topological polar surface area (TPSA) is 52.3 Å². The van der Waals surface area contributed by atoms with E-state index in [1.807, 2.05) is 0 Å². The molecule has 0 aliphatic carbocycles. The van der Waals surface area contributed by atoms with Crippen molar-refractivity contribution in [1.29, 1.82) is 0 Å². The number of halogens is 1. The van der Waals surface area contributed by atoms with Crippen LogP contribution in [0.15, 0.2) is 30.0 Å². The molecule has 0 aromatic heterocycles. The number of carbonyl (C=O) groups is 1. The van der Waals surface area contributed by atoms with E-state index >= 15 is 0 Å². The van der Waals surface area contributed by atoms with Crippen LogP contribution in [0.2, 0.25) is 5.02 Å². The second-order valence-electron chi connectivity index (χ2n) is 3.62. The van der Waals surface area contributed by atoms with E-state index in [0.29, 0.717) is 28.6 Å². The van der Waals surface area contributed by atoms with Crippen molar-refractivity contribution in [2.24, 2.45) is 0 Å². The first-order valence-electron chi connectivity index (χ1n) is 5.11. The number of nitrogens with two attached hydrogens (primary N) is 1. The van der Waals surface area contributed by atoms with Crippen molar-refractivity contribution in [3.63, 3.8) is 0 Å². The minimum Gasteiger partial charge on any atom is -0.490 e. The Bertz CT molecular complexity index is 454. The molecular weight excluding hydrogens is 226 g/mol. The lowest BCUT2D eigenvalue weighted by Gasteiger charge is -2.14. The van der Waals surface area contributed by atoms with E-state index in [-0.39, 0.29) is 5.78 Å². The molecule has 0 bridgehead atoms. The zero-order valence-electron chi connectivity index (χ0n) is 8.70. The first kappa shape index (κ1) is 11.0. The second-order valence-corrected chi connectivity index (χ2v) is 4.06. The largest absolute Gasteiger partial charge is 0.490 e. The summed E-state index contributed by atoms with van der Waals surface area (Å²) in [6, 6.07) is 4.84. The smallest absolute Gasteiger partial charge is 0.229 e. The summed E-state index contributed by atoms with van der Waals surface area (Å²) >= 11 is 5.77. The third-order valence-electron chi connectivity index (χ3n) is 2.42. The van der Waals surface area contributed by atoms with Gasteiger partial charge in [-0.25, -0.2) is 0 Å². The fourth-order valence-electron chi connectivity index (χ4n) is 1.59. The van der Waals surface area contributed by atoms with Gasteiger partial charge in [-0.3, -0.25) is 4.79 Å². The molecule has 1 aromatic carbocycles. The maximum Gasteiger partial charge on any atom is 0.229 e. The molecule has 4 heteroatoms. The highest BCUT2D eigenvalue weighted by atomic mass is 35.5. The first-order chi connectivity index (χ1) is 7.68. The highest BCUT2D eigenvalue weighted by Gasteiger charge is 2.18. The van der Waals surface area contributed by atoms with E-state index < -0.39 is 0 Å². The molecule has 3 nitrogen and oxygen atoms in total. The van der Waals surface area contributed by atoms with Crippen LogP contribution < -0.4 is 5.73 Å². The van der Waals surface area contributed by atoms with Crippen molar-refractivity contribution in [3.8, 4) is 0 Å². The molecule has 0 fully saturated rings. The van der Waals surface area contributed by atoms with Crippen LogP contribution in [-0.2, 0) is 4.74 Å². The van der Waals surface area contributed by atoms with Crippen LogP contribution >= 0.6 is 11.6 Å². The Morgan fingerprint density at radius 2 is 2.25 bits per heavy atom. The van der Waals surface area contributed by atoms with Crippen LogP contribution in [-0.4, -0.2) is 12.4 Å². The molecule has 0 spiro atoms. The molecule has 1 aromatic rings. The summed E-state index contributed by atoms with van der Waals surface area (Å²) in [5, 5.41) is 0.521. The van der Waals surface area contributed by atoms with Crippen molar-refractivity contribution in [3.05, 3.63) is 40.6 Å². The number of ketones is 1. The lowest BCUT2D eigenvalue weighted by Crippen LogP contribution is -2.12. The minimum atomic E-state index is -0.172. The Labute approximate surface area is 98.8 Å². The molecule has 2 rings (SSSR count). The number of hydrogen-bond donors (Lipinski definition) is 1. The van der Waals surface area contributed by atoms with Gasteiger partial charge in [0.2, 0.25) is 5.78 Å². The molecule has 0 atom stereocenters. The van der Waals surface area contributed by atoms with Gasteiger partial charge < -0.3 is 10.5 Å². The van der Waals surface area contributed by atoms with Gasteiger partial charge in [-0.05, 0) is 37.1 Å². The Morgan fingerprint density at radius 3 is 2.88 bits per heavy atom. The number of benzene rings is 1. The van der Waals surface area contributed by atoms with Gasteiger partial charge in [-0.2, -0.15) is 0 Å². The van der Waals surface area contributed by atoms with Crippen LogP contribution in [0.5, 0.6) is 0 Å². The van der Waals surface area contributed by atoms with Crippen LogP contribution in [0.25, 0.3) is 0 Å². The zero-order valence-corrected chi connectivity index (χ0v) is 9.46. The van der Waals surface area contributed by atoms with Gasteiger partial charge >= 0.3 is 0 Å². The average molecular weight is 238 g/mol.